The van der Waals surface area contributed by atoms with Crippen molar-refractivity contribution in [1.82, 2.24) is 16.0 Å². The molecular weight excluding hydrogens is 455 g/mol. The Morgan fingerprint density at radius 3 is 2.44 bits per heavy atom. The number of hydrogen-bond donors (Lipinski definition) is 3. The third-order valence-electron chi connectivity index (χ3n) is 3.98. The summed E-state index contributed by atoms with van der Waals surface area (Å²) in [6.07, 6.45) is 2.17. The maximum absolute atomic E-state index is 11.8. The van der Waals surface area contributed by atoms with Crippen molar-refractivity contribution < 1.29 is 9.53 Å². The van der Waals surface area contributed by atoms with Crippen molar-refractivity contribution in [3.05, 3.63) is 29.8 Å². The van der Waals surface area contributed by atoms with E-state index < -0.39 is 0 Å². The molecule has 1 aliphatic rings. The van der Waals surface area contributed by atoms with E-state index in [1.165, 1.54) is 0 Å². The van der Waals surface area contributed by atoms with Crippen molar-refractivity contribution in [2.75, 3.05) is 19.7 Å². The third kappa shape index (κ3) is 9.30. The molecule has 1 saturated carbocycles. The highest BCUT2D eigenvalue weighted by molar-refractivity contribution is 14.0. The van der Waals surface area contributed by atoms with Crippen molar-refractivity contribution in [1.29, 1.82) is 0 Å². The summed E-state index contributed by atoms with van der Waals surface area (Å²) in [5, 5.41) is 9.48. The number of rotatable bonds is 9. The number of ether oxygens (including phenoxy) is 1. The largest absolute Gasteiger partial charge is 0.493 e. The molecule has 1 aliphatic carbocycles. The zero-order valence-corrected chi connectivity index (χ0v) is 19.1. The minimum absolute atomic E-state index is 0. The average Bonchev–Trinajstić information content (AvgIpc) is 3.42. The number of amides is 1. The first-order chi connectivity index (χ1) is 12.5. The number of halogens is 1. The van der Waals surface area contributed by atoms with Crippen LogP contribution in [0.2, 0.25) is 0 Å². The quantitative estimate of drug-likeness (QED) is 0.284. The second-order valence-corrected chi connectivity index (χ2v) is 7.18. The lowest BCUT2D eigenvalue weighted by Crippen LogP contribution is -2.39. The molecule has 0 saturated heterocycles. The number of aliphatic imine (C=N–C) groups is 1. The molecular formula is C20H33IN4O2. The predicted octanol–water partition coefficient (Wildman–Crippen LogP) is 3.23. The molecule has 0 radical (unpaired) electrons. The van der Waals surface area contributed by atoms with E-state index in [2.05, 4.69) is 53.8 Å². The van der Waals surface area contributed by atoms with Crippen LogP contribution in [0.25, 0.3) is 0 Å². The first kappa shape index (κ1) is 23.5. The number of nitrogens with zero attached hydrogens (tertiary/aromatic N) is 1. The number of nitrogens with one attached hydrogen (secondary N) is 3. The van der Waals surface area contributed by atoms with Gasteiger partial charge < -0.3 is 20.7 Å². The van der Waals surface area contributed by atoms with Gasteiger partial charge in [-0.05, 0) is 50.3 Å². The monoisotopic (exact) mass is 488 g/mol. The molecule has 1 aromatic carbocycles. The fourth-order valence-electron chi connectivity index (χ4n) is 2.38. The van der Waals surface area contributed by atoms with Crippen LogP contribution >= 0.6 is 24.0 Å². The lowest BCUT2D eigenvalue weighted by atomic mass is 10.1. The van der Waals surface area contributed by atoms with Crippen LogP contribution in [0.15, 0.2) is 29.3 Å². The zero-order chi connectivity index (χ0) is 18.9. The van der Waals surface area contributed by atoms with Crippen LogP contribution in [0, 0.1) is 5.92 Å². The second kappa shape index (κ2) is 12.0. The summed E-state index contributed by atoms with van der Waals surface area (Å²) in [4.78, 5) is 16.2. The maximum Gasteiger partial charge on any atom is 0.242 e. The Balaban J connectivity index is 0.00000364. The number of carbonyl (C=O) groups excluding carboxylic acids is 1. The van der Waals surface area contributed by atoms with Crippen LogP contribution in [0.3, 0.4) is 0 Å². The second-order valence-electron chi connectivity index (χ2n) is 7.18. The van der Waals surface area contributed by atoms with Crippen LogP contribution in [0.4, 0.5) is 0 Å². The Kier molecular flexibility index (Phi) is 10.5. The molecule has 6 nitrogen and oxygen atoms in total. The lowest BCUT2D eigenvalue weighted by molar-refractivity contribution is -0.119. The molecule has 0 heterocycles. The van der Waals surface area contributed by atoms with Crippen molar-refractivity contribution in [3.63, 3.8) is 0 Å². The van der Waals surface area contributed by atoms with E-state index in [9.17, 15) is 4.79 Å². The highest BCUT2D eigenvalue weighted by atomic mass is 127. The third-order valence-corrected chi connectivity index (χ3v) is 3.98. The summed E-state index contributed by atoms with van der Waals surface area (Å²) in [6.45, 7) is 9.94. The van der Waals surface area contributed by atoms with E-state index in [1.807, 2.05) is 19.1 Å². The van der Waals surface area contributed by atoms with E-state index in [-0.39, 0.29) is 42.5 Å². The summed E-state index contributed by atoms with van der Waals surface area (Å²) in [6, 6.07) is 8.52. The fraction of sp³-hybridized carbons (Fsp3) is 0.600. The van der Waals surface area contributed by atoms with Gasteiger partial charge in [0.15, 0.2) is 5.96 Å². The van der Waals surface area contributed by atoms with Gasteiger partial charge in [-0.1, -0.05) is 26.0 Å². The standard InChI is InChI=1S/C20H32N4O2.HI/c1-5-21-20(22-12-19(25)24-17-8-9-17)23-15(4)16-6-10-18(11-7-16)26-13-14(2)3;/h6-7,10-11,14-15,17H,5,8-9,12-13H2,1-4H3,(H,24,25)(H2,21,22,23);1H. The van der Waals surface area contributed by atoms with E-state index in [0.29, 0.717) is 24.5 Å². The Morgan fingerprint density at radius 1 is 1.22 bits per heavy atom. The van der Waals surface area contributed by atoms with Crippen molar-refractivity contribution in [3.8, 4) is 5.75 Å². The van der Waals surface area contributed by atoms with Gasteiger partial charge in [0.05, 0.1) is 12.6 Å². The van der Waals surface area contributed by atoms with Crippen LogP contribution in [-0.2, 0) is 4.79 Å². The smallest absolute Gasteiger partial charge is 0.242 e. The highest BCUT2D eigenvalue weighted by Gasteiger charge is 2.22. The van der Waals surface area contributed by atoms with Crippen LogP contribution in [0.1, 0.15) is 52.1 Å². The maximum atomic E-state index is 11.8. The van der Waals surface area contributed by atoms with E-state index in [1.54, 1.807) is 0 Å². The average molecular weight is 488 g/mol. The molecule has 2 rings (SSSR count). The summed E-state index contributed by atoms with van der Waals surface area (Å²) in [7, 11) is 0. The molecule has 1 amide bonds. The van der Waals surface area contributed by atoms with Gasteiger partial charge >= 0.3 is 0 Å². The molecule has 0 bridgehead atoms. The summed E-state index contributed by atoms with van der Waals surface area (Å²) >= 11 is 0. The lowest BCUT2D eigenvalue weighted by Gasteiger charge is -2.18. The summed E-state index contributed by atoms with van der Waals surface area (Å²) in [5.74, 6) is 2.01. The van der Waals surface area contributed by atoms with Gasteiger partial charge in [0.2, 0.25) is 5.91 Å². The normalized spacial score (nSPS) is 14.9. The minimum atomic E-state index is -0.0241. The SMILES string of the molecule is CCNC(=NCC(=O)NC1CC1)NC(C)c1ccc(OCC(C)C)cc1.I. The van der Waals surface area contributed by atoms with E-state index in [4.69, 9.17) is 4.74 Å². The number of carbonyl (C=O) groups is 1. The van der Waals surface area contributed by atoms with Gasteiger partial charge in [0, 0.05) is 12.6 Å². The molecule has 152 valence electrons. The zero-order valence-electron chi connectivity index (χ0n) is 16.7. The first-order valence-corrected chi connectivity index (χ1v) is 9.55. The Hall–Kier alpha value is -1.51. The highest BCUT2D eigenvalue weighted by Crippen LogP contribution is 2.19. The Morgan fingerprint density at radius 2 is 1.89 bits per heavy atom. The number of hydrogen-bond acceptors (Lipinski definition) is 3. The minimum Gasteiger partial charge on any atom is -0.493 e. The molecule has 3 N–H and O–H groups in total. The fourth-order valence-corrected chi connectivity index (χ4v) is 2.38. The van der Waals surface area contributed by atoms with Gasteiger partial charge in [0.1, 0.15) is 12.3 Å². The molecule has 1 unspecified atom stereocenters. The Bertz CT molecular complexity index is 601. The Labute approximate surface area is 179 Å². The number of guanidine groups is 1. The summed E-state index contributed by atoms with van der Waals surface area (Å²) < 4.78 is 5.72. The molecule has 0 aliphatic heterocycles. The van der Waals surface area contributed by atoms with Gasteiger partial charge in [-0.25, -0.2) is 4.99 Å². The van der Waals surface area contributed by atoms with E-state index in [0.717, 1.165) is 30.7 Å². The van der Waals surface area contributed by atoms with Crippen LogP contribution in [-0.4, -0.2) is 37.6 Å². The molecule has 1 fully saturated rings. The molecule has 7 heteroatoms. The van der Waals surface area contributed by atoms with Crippen LogP contribution < -0.4 is 20.7 Å². The molecule has 27 heavy (non-hydrogen) atoms. The van der Waals surface area contributed by atoms with Crippen molar-refractivity contribution in [2.45, 2.75) is 52.6 Å². The molecule has 1 atom stereocenters. The van der Waals surface area contributed by atoms with Gasteiger partial charge in [-0.2, -0.15) is 0 Å². The predicted molar refractivity (Wildman–Crippen MR) is 121 cm³/mol. The van der Waals surface area contributed by atoms with Crippen molar-refractivity contribution >= 4 is 35.8 Å². The van der Waals surface area contributed by atoms with Gasteiger partial charge in [-0.3, -0.25) is 4.79 Å². The molecule has 1 aromatic rings. The topological polar surface area (TPSA) is 74.8 Å². The van der Waals surface area contributed by atoms with Crippen molar-refractivity contribution in [2.24, 2.45) is 10.9 Å². The molecule has 0 aromatic heterocycles. The first-order valence-electron chi connectivity index (χ1n) is 9.55. The summed E-state index contributed by atoms with van der Waals surface area (Å²) in [5.41, 5.74) is 1.13. The number of benzene rings is 1. The molecule has 0 spiro atoms. The van der Waals surface area contributed by atoms with Gasteiger partial charge in [0.25, 0.3) is 0 Å². The van der Waals surface area contributed by atoms with Crippen LogP contribution in [0.5, 0.6) is 5.75 Å². The van der Waals surface area contributed by atoms with E-state index >= 15 is 0 Å². The van der Waals surface area contributed by atoms with Gasteiger partial charge in [-0.15, -0.1) is 24.0 Å².